The number of nitrogens with two attached hydrogens (primary N) is 1. The molecule has 4 rings (SSSR count). The Morgan fingerprint density at radius 2 is 2.28 bits per heavy atom. The van der Waals surface area contributed by atoms with Gasteiger partial charge in [0.15, 0.2) is 17.2 Å². The van der Waals surface area contributed by atoms with Crippen molar-refractivity contribution in [3.63, 3.8) is 0 Å². The number of nitrogens with zero attached hydrogens (tertiary/aromatic N) is 5. The third kappa shape index (κ3) is 4.36. The number of hydrogen-bond acceptors (Lipinski definition) is 6. The average Bonchev–Trinajstić information content (AvgIpc) is 3.18. The number of nitrogen functional groups attached to an aromatic ring is 1. The van der Waals surface area contributed by atoms with Crippen molar-refractivity contribution in [3.8, 4) is 17.6 Å². The van der Waals surface area contributed by atoms with Crippen LogP contribution in [0.2, 0.25) is 5.02 Å². The molecule has 0 bridgehead atoms. The Bertz CT molecular complexity index is 1250. The lowest BCUT2D eigenvalue weighted by Crippen LogP contribution is -2.40. The molecule has 0 saturated carbocycles. The zero-order valence-corrected chi connectivity index (χ0v) is 17.8. The van der Waals surface area contributed by atoms with Crippen molar-refractivity contribution in [2.45, 2.75) is 18.9 Å². The first-order chi connectivity index (χ1) is 15.5. The van der Waals surface area contributed by atoms with Crippen molar-refractivity contribution in [1.82, 2.24) is 24.6 Å². The molecular formula is C22H20ClFN6O2. The van der Waals surface area contributed by atoms with E-state index in [9.17, 15) is 9.18 Å². The summed E-state index contributed by atoms with van der Waals surface area (Å²) in [6, 6.07) is 3.96. The number of likely N-dealkylation sites (tertiary alicyclic amines) is 1. The first-order valence-electron chi connectivity index (χ1n) is 9.94. The predicted molar refractivity (Wildman–Crippen MR) is 119 cm³/mol. The molecule has 10 heteroatoms. The smallest absolute Gasteiger partial charge is 0.246 e. The largest absolute Gasteiger partial charge is 0.478 e. The minimum atomic E-state index is -0.528. The van der Waals surface area contributed by atoms with Crippen LogP contribution in [0.15, 0.2) is 37.2 Å². The number of halogens is 2. The Hall–Kier alpha value is -3.64. The third-order valence-electron chi connectivity index (χ3n) is 5.15. The van der Waals surface area contributed by atoms with Crippen LogP contribution in [-0.2, 0) is 4.79 Å². The molecule has 1 saturated heterocycles. The fraction of sp³-hybridized carbons (Fsp3) is 0.273. The molecule has 1 aromatic carbocycles. The molecule has 1 aliphatic heterocycles. The topological polar surface area (TPSA) is 99.2 Å². The molecule has 1 fully saturated rings. The number of amides is 1. The summed E-state index contributed by atoms with van der Waals surface area (Å²) in [5, 5.41) is 5.51. The molecule has 164 valence electrons. The van der Waals surface area contributed by atoms with E-state index in [1.54, 1.807) is 9.58 Å². The van der Waals surface area contributed by atoms with Crippen LogP contribution in [0, 0.1) is 17.7 Å². The van der Waals surface area contributed by atoms with Crippen molar-refractivity contribution in [1.29, 1.82) is 0 Å². The number of aromatic nitrogens is 4. The third-order valence-corrected chi connectivity index (χ3v) is 5.38. The van der Waals surface area contributed by atoms with Crippen LogP contribution in [0.4, 0.5) is 10.2 Å². The highest BCUT2D eigenvalue weighted by atomic mass is 35.5. The molecule has 3 heterocycles. The van der Waals surface area contributed by atoms with E-state index in [1.807, 2.05) is 0 Å². The number of carbonyl (C=O) groups excluding carboxylic acids is 1. The van der Waals surface area contributed by atoms with Gasteiger partial charge in [0.25, 0.3) is 0 Å². The molecular weight excluding hydrogens is 435 g/mol. The van der Waals surface area contributed by atoms with Gasteiger partial charge in [-0.3, -0.25) is 4.79 Å². The molecule has 0 radical (unpaired) electrons. The molecule has 2 aromatic heterocycles. The lowest BCUT2D eigenvalue weighted by atomic mass is 10.1. The van der Waals surface area contributed by atoms with Crippen molar-refractivity contribution in [2.24, 2.45) is 0 Å². The minimum Gasteiger partial charge on any atom is -0.478 e. The van der Waals surface area contributed by atoms with Gasteiger partial charge in [0.05, 0.1) is 11.4 Å². The van der Waals surface area contributed by atoms with Gasteiger partial charge in [0.1, 0.15) is 24.4 Å². The zero-order valence-electron chi connectivity index (χ0n) is 17.1. The molecule has 8 nitrogen and oxygen atoms in total. The zero-order chi connectivity index (χ0) is 22.7. The van der Waals surface area contributed by atoms with Crippen LogP contribution in [0.1, 0.15) is 24.6 Å². The van der Waals surface area contributed by atoms with Gasteiger partial charge in [-0.15, -0.1) is 0 Å². The van der Waals surface area contributed by atoms with E-state index in [0.29, 0.717) is 34.8 Å². The normalized spacial score (nSPS) is 15.8. The van der Waals surface area contributed by atoms with Crippen LogP contribution >= 0.6 is 11.6 Å². The van der Waals surface area contributed by atoms with E-state index in [-0.39, 0.29) is 30.1 Å². The summed E-state index contributed by atoms with van der Waals surface area (Å²) in [4.78, 5) is 22.2. The Kier molecular flexibility index (Phi) is 6.23. The number of rotatable bonds is 4. The van der Waals surface area contributed by atoms with Crippen LogP contribution in [0.5, 0.6) is 5.75 Å². The lowest BCUT2D eigenvalue weighted by Gasteiger charge is -2.32. The average molecular weight is 455 g/mol. The van der Waals surface area contributed by atoms with Crippen molar-refractivity contribution < 1.29 is 13.9 Å². The van der Waals surface area contributed by atoms with Gasteiger partial charge in [-0.05, 0) is 37.0 Å². The molecule has 0 aliphatic carbocycles. The van der Waals surface area contributed by atoms with Gasteiger partial charge in [-0.2, -0.15) is 5.10 Å². The summed E-state index contributed by atoms with van der Waals surface area (Å²) in [5.41, 5.74) is 7.02. The number of fused-ring (bicyclic) bond motifs is 1. The van der Waals surface area contributed by atoms with E-state index in [4.69, 9.17) is 22.1 Å². The van der Waals surface area contributed by atoms with Gasteiger partial charge in [0.2, 0.25) is 5.91 Å². The summed E-state index contributed by atoms with van der Waals surface area (Å²) >= 11 is 5.87. The minimum absolute atomic E-state index is 0.0132. The van der Waals surface area contributed by atoms with Gasteiger partial charge >= 0.3 is 0 Å². The van der Waals surface area contributed by atoms with Crippen molar-refractivity contribution >= 4 is 34.4 Å². The van der Waals surface area contributed by atoms with Crippen LogP contribution < -0.4 is 10.5 Å². The molecule has 1 atom stereocenters. The summed E-state index contributed by atoms with van der Waals surface area (Å²) in [5.74, 6) is 5.36. The van der Waals surface area contributed by atoms with E-state index in [2.05, 4.69) is 33.5 Å². The number of ether oxygens (including phenoxy) is 1. The number of benzene rings is 1. The number of carbonyl (C=O) groups is 1. The molecule has 32 heavy (non-hydrogen) atoms. The highest BCUT2D eigenvalue weighted by molar-refractivity contribution is 6.30. The summed E-state index contributed by atoms with van der Waals surface area (Å²) < 4.78 is 20.9. The quantitative estimate of drug-likeness (QED) is 0.480. The number of hydrogen-bond donors (Lipinski definition) is 1. The van der Waals surface area contributed by atoms with Crippen molar-refractivity contribution in [2.75, 3.05) is 25.4 Å². The summed E-state index contributed by atoms with van der Waals surface area (Å²) in [6.45, 7) is 4.63. The van der Waals surface area contributed by atoms with Crippen LogP contribution in [0.3, 0.4) is 0 Å². The molecule has 1 amide bonds. The fourth-order valence-electron chi connectivity index (χ4n) is 3.64. The van der Waals surface area contributed by atoms with Crippen LogP contribution in [0.25, 0.3) is 11.0 Å². The Labute approximate surface area is 188 Å². The molecule has 0 unspecified atom stereocenters. The second-order valence-corrected chi connectivity index (χ2v) is 7.64. The number of piperidine rings is 1. The van der Waals surface area contributed by atoms with Crippen molar-refractivity contribution in [3.05, 3.63) is 53.7 Å². The SMILES string of the molecule is C=CC(=O)N1CCC[C@@H](n2nc(C#CCOc3cc(Cl)ccc3F)c3c(N)ncnc32)C1. The standard InChI is InChI=1S/C22H20ClFN6O2/c1-2-19(31)29-9-3-5-15(12-29)30-22-20(21(25)26-13-27-22)17(28-30)6-4-10-32-18-11-14(23)7-8-16(18)24/h2,7-8,11,13,15H,1,3,5,9-10,12H2,(H2,25,26,27)/t15-/m1/s1. The summed E-state index contributed by atoms with van der Waals surface area (Å²) in [7, 11) is 0. The van der Waals surface area contributed by atoms with E-state index < -0.39 is 5.82 Å². The number of anilines is 1. The predicted octanol–water partition coefficient (Wildman–Crippen LogP) is 2.98. The molecule has 0 spiro atoms. The molecule has 3 aromatic rings. The maximum absolute atomic E-state index is 13.8. The molecule has 1 aliphatic rings. The van der Waals surface area contributed by atoms with Gasteiger partial charge < -0.3 is 15.4 Å². The second kappa shape index (κ2) is 9.24. The Morgan fingerprint density at radius 3 is 3.09 bits per heavy atom. The summed E-state index contributed by atoms with van der Waals surface area (Å²) in [6.07, 6.45) is 4.33. The first kappa shape index (κ1) is 21.6. The van der Waals surface area contributed by atoms with E-state index in [1.165, 1.54) is 30.6 Å². The second-order valence-electron chi connectivity index (χ2n) is 7.20. The van der Waals surface area contributed by atoms with E-state index in [0.717, 1.165) is 12.8 Å². The van der Waals surface area contributed by atoms with E-state index >= 15 is 0 Å². The monoisotopic (exact) mass is 454 g/mol. The van der Waals surface area contributed by atoms with Gasteiger partial charge in [0, 0.05) is 24.2 Å². The van der Waals surface area contributed by atoms with Gasteiger partial charge in [-0.1, -0.05) is 24.1 Å². The Morgan fingerprint density at radius 1 is 1.44 bits per heavy atom. The highest BCUT2D eigenvalue weighted by Gasteiger charge is 2.27. The Balaban J connectivity index is 1.61. The first-order valence-corrected chi connectivity index (χ1v) is 10.3. The van der Waals surface area contributed by atoms with Crippen LogP contribution in [-0.4, -0.2) is 50.3 Å². The maximum atomic E-state index is 13.8. The van der Waals surface area contributed by atoms with Gasteiger partial charge in [-0.25, -0.2) is 19.0 Å². The lowest BCUT2D eigenvalue weighted by molar-refractivity contribution is -0.127. The fourth-order valence-corrected chi connectivity index (χ4v) is 3.80. The maximum Gasteiger partial charge on any atom is 0.246 e. The highest BCUT2D eigenvalue weighted by Crippen LogP contribution is 2.28. The molecule has 2 N–H and O–H groups in total.